The van der Waals surface area contributed by atoms with Gasteiger partial charge in [0.2, 0.25) is 0 Å². The van der Waals surface area contributed by atoms with Crippen molar-refractivity contribution < 1.29 is 4.52 Å². The number of rotatable bonds is 6. The quantitative estimate of drug-likeness (QED) is 0.731. The van der Waals surface area contributed by atoms with E-state index < -0.39 is 0 Å². The molecule has 0 saturated carbocycles. The van der Waals surface area contributed by atoms with Gasteiger partial charge in [-0.25, -0.2) is 0 Å². The lowest BCUT2D eigenvalue weighted by molar-refractivity contribution is 0.388. The lowest BCUT2D eigenvalue weighted by atomic mass is 10.2. The first-order valence-corrected chi connectivity index (χ1v) is 8.06. The average Bonchev–Trinajstić information content (AvgIpc) is 2.96. The topological polar surface area (TPSA) is 38.1 Å². The predicted molar refractivity (Wildman–Crippen MR) is 88.8 cm³/mol. The Morgan fingerprint density at radius 2 is 1.68 bits per heavy atom. The summed E-state index contributed by atoms with van der Waals surface area (Å²) in [6.07, 6.45) is 0. The molecule has 3 aromatic rings. The van der Waals surface area contributed by atoms with E-state index in [1.165, 1.54) is 15.4 Å². The summed E-state index contributed by atoms with van der Waals surface area (Å²) >= 11 is 1.78. The van der Waals surface area contributed by atoms with Crippen molar-refractivity contribution >= 4 is 11.8 Å². The molecule has 1 heterocycles. The van der Waals surface area contributed by atoms with Gasteiger partial charge in [-0.1, -0.05) is 47.3 Å². The van der Waals surface area contributed by atoms with E-state index in [0.29, 0.717) is 0 Å². The third kappa shape index (κ3) is 4.23. The van der Waals surface area contributed by atoms with Crippen LogP contribution in [-0.2, 0) is 13.1 Å². The zero-order chi connectivity index (χ0) is 15.2. The minimum absolute atomic E-state index is 0.720. The van der Waals surface area contributed by atoms with Crippen molar-refractivity contribution in [3.63, 3.8) is 0 Å². The van der Waals surface area contributed by atoms with Crippen LogP contribution in [0.4, 0.5) is 0 Å². The van der Waals surface area contributed by atoms with Crippen LogP contribution in [0, 0.1) is 6.92 Å². The fraction of sp³-hybridized carbons (Fsp3) is 0.167. The van der Waals surface area contributed by atoms with E-state index >= 15 is 0 Å². The lowest BCUT2D eigenvalue weighted by Gasteiger charge is -2.05. The highest BCUT2D eigenvalue weighted by Gasteiger charge is 2.01. The smallest absolute Gasteiger partial charge is 0.133 e. The summed E-state index contributed by atoms with van der Waals surface area (Å²) in [5.74, 6) is 0.846. The molecule has 3 rings (SSSR count). The molecule has 0 aliphatic carbocycles. The Hall–Kier alpha value is -2.04. The van der Waals surface area contributed by atoms with Crippen molar-refractivity contribution in [1.29, 1.82) is 0 Å². The van der Waals surface area contributed by atoms with Crippen LogP contribution >= 0.6 is 11.8 Å². The molecule has 0 atom stereocenters. The van der Waals surface area contributed by atoms with Gasteiger partial charge in [0.1, 0.15) is 5.76 Å². The van der Waals surface area contributed by atoms with Crippen LogP contribution in [0.15, 0.2) is 75.0 Å². The Bertz CT molecular complexity index is 707. The van der Waals surface area contributed by atoms with Crippen molar-refractivity contribution in [2.45, 2.75) is 29.8 Å². The summed E-state index contributed by atoms with van der Waals surface area (Å²) in [5.41, 5.74) is 2.20. The minimum atomic E-state index is 0.720. The van der Waals surface area contributed by atoms with Gasteiger partial charge in [-0.15, -0.1) is 0 Å². The van der Waals surface area contributed by atoms with Gasteiger partial charge in [0.25, 0.3) is 0 Å². The maximum absolute atomic E-state index is 5.05. The van der Waals surface area contributed by atoms with Crippen molar-refractivity contribution in [1.82, 2.24) is 10.5 Å². The molecule has 22 heavy (non-hydrogen) atoms. The van der Waals surface area contributed by atoms with Crippen LogP contribution in [0.3, 0.4) is 0 Å². The van der Waals surface area contributed by atoms with E-state index in [0.717, 1.165) is 24.5 Å². The number of aromatic nitrogens is 1. The van der Waals surface area contributed by atoms with E-state index in [9.17, 15) is 0 Å². The number of aryl methyl sites for hydroxylation is 1. The normalized spacial score (nSPS) is 10.8. The fourth-order valence-corrected chi connectivity index (χ4v) is 2.97. The molecule has 112 valence electrons. The number of benzene rings is 2. The van der Waals surface area contributed by atoms with Gasteiger partial charge >= 0.3 is 0 Å². The Kier molecular flexibility index (Phi) is 4.93. The van der Waals surface area contributed by atoms with Gasteiger partial charge in [-0.3, -0.25) is 0 Å². The van der Waals surface area contributed by atoms with Crippen molar-refractivity contribution in [2.75, 3.05) is 0 Å². The molecule has 0 fully saturated rings. The molecule has 3 nitrogen and oxygen atoms in total. The van der Waals surface area contributed by atoms with E-state index in [1.54, 1.807) is 11.8 Å². The van der Waals surface area contributed by atoms with Gasteiger partial charge in [0.15, 0.2) is 0 Å². The summed E-state index contributed by atoms with van der Waals surface area (Å²) < 4.78 is 5.05. The molecule has 0 amide bonds. The Morgan fingerprint density at radius 3 is 2.36 bits per heavy atom. The molecule has 0 bridgehead atoms. The van der Waals surface area contributed by atoms with Crippen LogP contribution in [0.5, 0.6) is 0 Å². The SMILES string of the molecule is Cc1cc(CNCc2ccc(Sc3ccccc3)cc2)no1. The van der Waals surface area contributed by atoms with Gasteiger partial charge in [-0.2, -0.15) is 0 Å². The molecule has 0 spiro atoms. The van der Waals surface area contributed by atoms with E-state index in [1.807, 2.05) is 19.1 Å². The van der Waals surface area contributed by atoms with Gasteiger partial charge in [0, 0.05) is 28.9 Å². The molecule has 0 radical (unpaired) electrons. The molecule has 1 N–H and O–H groups in total. The zero-order valence-corrected chi connectivity index (χ0v) is 13.3. The van der Waals surface area contributed by atoms with Gasteiger partial charge in [-0.05, 0) is 36.8 Å². The molecule has 1 aromatic heterocycles. The first-order chi connectivity index (χ1) is 10.8. The lowest BCUT2D eigenvalue weighted by Crippen LogP contribution is -2.12. The maximum Gasteiger partial charge on any atom is 0.133 e. The molecule has 0 unspecified atom stereocenters. The van der Waals surface area contributed by atoms with Crippen LogP contribution < -0.4 is 5.32 Å². The number of nitrogens with zero attached hydrogens (tertiary/aromatic N) is 1. The zero-order valence-electron chi connectivity index (χ0n) is 12.5. The maximum atomic E-state index is 5.05. The second kappa shape index (κ2) is 7.29. The first-order valence-electron chi connectivity index (χ1n) is 7.24. The molecule has 4 heteroatoms. The first kappa shape index (κ1) is 14.9. The van der Waals surface area contributed by atoms with Crippen LogP contribution in [-0.4, -0.2) is 5.16 Å². The summed E-state index contributed by atoms with van der Waals surface area (Å²) in [6, 6.07) is 21.0. The van der Waals surface area contributed by atoms with E-state index in [-0.39, 0.29) is 0 Å². The number of hydrogen-bond donors (Lipinski definition) is 1. The largest absolute Gasteiger partial charge is 0.361 e. The summed E-state index contributed by atoms with van der Waals surface area (Å²) in [6.45, 7) is 3.44. The third-order valence-corrected chi connectivity index (χ3v) is 4.23. The molecule has 0 aliphatic rings. The highest BCUT2D eigenvalue weighted by Crippen LogP contribution is 2.27. The van der Waals surface area contributed by atoms with Crippen LogP contribution in [0.2, 0.25) is 0 Å². The van der Waals surface area contributed by atoms with Crippen LogP contribution in [0.25, 0.3) is 0 Å². The Balaban J connectivity index is 1.51. The summed E-state index contributed by atoms with van der Waals surface area (Å²) in [4.78, 5) is 2.51. The molecule has 2 aromatic carbocycles. The highest BCUT2D eigenvalue weighted by atomic mass is 32.2. The van der Waals surface area contributed by atoms with Crippen molar-refractivity contribution in [3.05, 3.63) is 77.7 Å². The van der Waals surface area contributed by atoms with E-state index in [2.05, 4.69) is 59.0 Å². The monoisotopic (exact) mass is 310 g/mol. The Labute approximate surface area is 134 Å². The van der Waals surface area contributed by atoms with Crippen molar-refractivity contribution in [3.8, 4) is 0 Å². The van der Waals surface area contributed by atoms with E-state index in [4.69, 9.17) is 4.52 Å². The summed E-state index contributed by atoms with van der Waals surface area (Å²) in [5, 5.41) is 7.34. The third-order valence-electron chi connectivity index (χ3n) is 3.21. The number of nitrogens with one attached hydrogen (secondary N) is 1. The second-order valence-electron chi connectivity index (χ2n) is 5.09. The van der Waals surface area contributed by atoms with Crippen molar-refractivity contribution in [2.24, 2.45) is 0 Å². The highest BCUT2D eigenvalue weighted by molar-refractivity contribution is 7.99. The molecular weight excluding hydrogens is 292 g/mol. The minimum Gasteiger partial charge on any atom is -0.361 e. The second-order valence-corrected chi connectivity index (χ2v) is 6.24. The average molecular weight is 310 g/mol. The van der Waals surface area contributed by atoms with Crippen LogP contribution in [0.1, 0.15) is 17.0 Å². The van der Waals surface area contributed by atoms with Gasteiger partial charge < -0.3 is 9.84 Å². The molecule has 0 aliphatic heterocycles. The number of hydrogen-bond acceptors (Lipinski definition) is 4. The molecular formula is C18H18N2OS. The Morgan fingerprint density at radius 1 is 0.955 bits per heavy atom. The fourth-order valence-electron chi connectivity index (χ4n) is 2.14. The standard InChI is InChI=1S/C18H18N2OS/c1-14-11-16(20-21-14)13-19-12-15-7-9-18(10-8-15)22-17-5-3-2-4-6-17/h2-11,19H,12-13H2,1H3. The molecule has 0 saturated heterocycles. The predicted octanol–water partition coefficient (Wildman–Crippen LogP) is 4.42. The summed E-state index contributed by atoms with van der Waals surface area (Å²) in [7, 11) is 0. The van der Waals surface area contributed by atoms with Gasteiger partial charge in [0.05, 0.1) is 5.69 Å².